The lowest BCUT2D eigenvalue weighted by atomic mass is 9.89. The molecule has 0 bridgehead atoms. The highest BCUT2D eigenvalue weighted by molar-refractivity contribution is 5.39. The minimum Gasteiger partial charge on any atom is -0.496 e. The highest BCUT2D eigenvalue weighted by Crippen LogP contribution is 2.34. The third kappa shape index (κ3) is 2.76. The van der Waals surface area contributed by atoms with E-state index in [1.807, 2.05) is 0 Å². The van der Waals surface area contributed by atoms with Crippen molar-refractivity contribution in [1.29, 1.82) is 0 Å². The standard InChI is InChI=1S/C14H17FN2O2/c1-14(18,7-10-8-16-17(2)9-10)13-11(15)5-4-6-12(13)19-3/h4-6,8-9,18H,7H2,1-3H3. The van der Waals surface area contributed by atoms with E-state index in [0.717, 1.165) is 5.56 Å². The van der Waals surface area contributed by atoms with Gasteiger partial charge in [-0.25, -0.2) is 4.39 Å². The first-order valence-corrected chi connectivity index (χ1v) is 5.97. The lowest BCUT2D eigenvalue weighted by molar-refractivity contribution is 0.0510. The number of rotatable bonds is 4. The predicted octanol–water partition coefficient (Wildman–Crippen LogP) is 2.02. The second-order valence-corrected chi connectivity index (χ2v) is 4.79. The molecular formula is C14H17FN2O2. The lowest BCUT2D eigenvalue weighted by Gasteiger charge is -2.25. The summed E-state index contributed by atoms with van der Waals surface area (Å²) in [5.41, 5.74) is -0.362. The topological polar surface area (TPSA) is 47.3 Å². The van der Waals surface area contributed by atoms with Gasteiger partial charge in [-0.3, -0.25) is 4.68 Å². The summed E-state index contributed by atoms with van der Waals surface area (Å²) in [5.74, 6) is -0.137. The Morgan fingerprint density at radius 3 is 2.79 bits per heavy atom. The molecule has 1 atom stereocenters. The largest absolute Gasteiger partial charge is 0.496 e. The first kappa shape index (κ1) is 13.5. The molecule has 2 rings (SSSR count). The zero-order chi connectivity index (χ0) is 14.0. The second kappa shape index (κ2) is 5.01. The maximum atomic E-state index is 14.0. The molecule has 5 heteroatoms. The smallest absolute Gasteiger partial charge is 0.133 e. The van der Waals surface area contributed by atoms with Gasteiger partial charge in [0.25, 0.3) is 0 Å². The fourth-order valence-corrected chi connectivity index (χ4v) is 2.25. The van der Waals surface area contributed by atoms with Gasteiger partial charge in [0.05, 0.1) is 24.5 Å². The fourth-order valence-electron chi connectivity index (χ4n) is 2.25. The molecule has 1 N–H and O–H groups in total. The number of benzene rings is 1. The fraction of sp³-hybridized carbons (Fsp3) is 0.357. The summed E-state index contributed by atoms with van der Waals surface area (Å²) in [7, 11) is 3.25. The number of aryl methyl sites for hydroxylation is 1. The van der Waals surface area contributed by atoms with Gasteiger partial charge >= 0.3 is 0 Å². The van der Waals surface area contributed by atoms with Crippen LogP contribution in [0.2, 0.25) is 0 Å². The molecular weight excluding hydrogens is 247 g/mol. The van der Waals surface area contributed by atoms with Gasteiger partial charge in [0.1, 0.15) is 11.6 Å². The third-order valence-corrected chi connectivity index (χ3v) is 3.04. The molecule has 0 saturated heterocycles. The summed E-state index contributed by atoms with van der Waals surface area (Å²) >= 11 is 0. The van der Waals surface area contributed by atoms with Crippen molar-refractivity contribution in [3.8, 4) is 5.75 Å². The Morgan fingerprint density at radius 2 is 2.21 bits per heavy atom. The van der Waals surface area contributed by atoms with E-state index in [2.05, 4.69) is 5.10 Å². The zero-order valence-corrected chi connectivity index (χ0v) is 11.2. The van der Waals surface area contributed by atoms with Crippen LogP contribution in [0.15, 0.2) is 30.6 Å². The molecule has 1 aromatic heterocycles. The summed E-state index contributed by atoms with van der Waals surface area (Å²) in [6.07, 6.45) is 3.71. The van der Waals surface area contributed by atoms with Crippen molar-refractivity contribution in [3.63, 3.8) is 0 Å². The van der Waals surface area contributed by atoms with Gasteiger partial charge < -0.3 is 9.84 Å². The monoisotopic (exact) mass is 264 g/mol. The summed E-state index contributed by atoms with van der Waals surface area (Å²) in [4.78, 5) is 0. The van der Waals surface area contributed by atoms with Crippen molar-refractivity contribution in [2.45, 2.75) is 18.9 Å². The Bertz CT molecular complexity index is 579. The number of hydrogen-bond acceptors (Lipinski definition) is 3. The van der Waals surface area contributed by atoms with E-state index < -0.39 is 11.4 Å². The molecule has 1 aromatic carbocycles. The van der Waals surface area contributed by atoms with Crippen molar-refractivity contribution < 1.29 is 14.2 Å². The Morgan fingerprint density at radius 1 is 1.47 bits per heavy atom. The molecule has 1 heterocycles. The highest BCUT2D eigenvalue weighted by Gasteiger charge is 2.31. The Balaban J connectivity index is 2.38. The van der Waals surface area contributed by atoms with E-state index in [-0.39, 0.29) is 12.0 Å². The molecule has 4 nitrogen and oxygen atoms in total. The third-order valence-electron chi connectivity index (χ3n) is 3.04. The number of methoxy groups -OCH3 is 1. The van der Waals surface area contributed by atoms with Crippen LogP contribution in [-0.4, -0.2) is 22.0 Å². The first-order valence-electron chi connectivity index (χ1n) is 5.97. The van der Waals surface area contributed by atoms with Crippen LogP contribution in [0.5, 0.6) is 5.75 Å². The number of aromatic nitrogens is 2. The molecule has 0 amide bonds. The maximum Gasteiger partial charge on any atom is 0.133 e. The summed E-state index contributed by atoms with van der Waals surface area (Å²) < 4.78 is 20.8. The Hall–Kier alpha value is -1.88. The minimum absolute atomic E-state index is 0.168. The van der Waals surface area contributed by atoms with Crippen LogP contribution in [0, 0.1) is 5.82 Å². The maximum absolute atomic E-state index is 14.0. The molecule has 1 unspecified atom stereocenters. The summed E-state index contributed by atoms with van der Waals surface area (Å²) in [5, 5.41) is 14.6. The van der Waals surface area contributed by atoms with Gasteiger partial charge in [0.2, 0.25) is 0 Å². The number of aliphatic hydroxyl groups is 1. The van der Waals surface area contributed by atoms with Crippen LogP contribution in [0.4, 0.5) is 4.39 Å². The van der Waals surface area contributed by atoms with Crippen LogP contribution in [0.25, 0.3) is 0 Å². The number of ether oxygens (including phenoxy) is 1. The average Bonchev–Trinajstić information content (AvgIpc) is 2.73. The number of hydrogen-bond donors (Lipinski definition) is 1. The Kier molecular flexibility index (Phi) is 3.57. The van der Waals surface area contributed by atoms with E-state index >= 15 is 0 Å². The first-order chi connectivity index (χ1) is 8.94. The molecule has 0 radical (unpaired) electrons. The van der Waals surface area contributed by atoms with Gasteiger partial charge in [-0.1, -0.05) is 6.07 Å². The van der Waals surface area contributed by atoms with Gasteiger partial charge in [0.15, 0.2) is 0 Å². The minimum atomic E-state index is -1.36. The lowest BCUT2D eigenvalue weighted by Crippen LogP contribution is -2.26. The van der Waals surface area contributed by atoms with Gasteiger partial charge in [-0.15, -0.1) is 0 Å². The molecule has 102 valence electrons. The van der Waals surface area contributed by atoms with Gasteiger partial charge in [-0.2, -0.15) is 5.10 Å². The van der Waals surface area contributed by atoms with E-state index in [0.29, 0.717) is 5.75 Å². The van der Waals surface area contributed by atoms with E-state index in [1.165, 1.54) is 13.2 Å². The number of nitrogens with zero attached hydrogens (tertiary/aromatic N) is 2. The second-order valence-electron chi connectivity index (χ2n) is 4.79. The van der Waals surface area contributed by atoms with Gasteiger partial charge in [0, 0.05) is 19.7 Å². The number of halogens is 1. The highest BCUT2D eigenvalue weighted by atomic mass is 19.1. The van der Waals surface area contributed by atoms with Crippen LogP contribution >= 0.6 is 0 Å². The van der Waals surface area contributed by atoms with Crippen LogP contribution in [-0.2, 0) is 19.1 Å². The van der Waals surface area contributed by atoms with E-state index in [4.69, 9.17) is 4.74 Å². The van der Waals surface area contributed by atoms with Crippen molar-refractivity contribution in [2.75, 3.05) is 7.11 Å². The van der Waals surface area contributed by atoms with Crippen molar-refractivity contribution in [2.24, 2.45) is 7.05 Å². The Labute approximate surface area is 111 Å². The zero-order valence-electron chi connectivity index (χ0n) is 11.2. The molecule has 0 aliphatic heterocycles. The van der Waals surface area contributed by atoms with Crippen molar-refractivity contribution in [3.05, 3.63) is 47.5 Å². The van der Waals surface area contributed by atoms with Crippen LogP contribution in [0.3, 0.4) is 0 Å². The summed E-state index contributed by atoms with van der Waals surface area (Å²) in [6, 6.07) is 4.50. The SMILES string of the molecule is COc1cccc(F)c1C(C)(O)Cc1cnn(C)c1. The van der Waals surface area contributed by atoms with Crippen molar-refractivity contribution in [1.82, 2.24) is 9.78 Å². The van der Waals surface area contributed by atoms with Gasteiger partial charge in [-0.05, 0) is 24.6 Å². The van der Waals surface area contributed by atoms with Crippen molar-refractivity contribution >= 4 is 0 Å². The quantitative estimate of drug-likeness (QED) is 0.919. The predicted molar refractivity (Wildman–Crippen MR) is 69.4 cm³/mol. The molecule has 19 heavy (non-hydrogen) atoms. The molecule has 0 saturated carbocycles. The van der Waals surface area contributed by atoms with Crippen LogP contribution < -0.4 is 4.74 Å². The van der Waals surface area contributed by atoms with E-state index in [1.54, 1.807) is 43.2 Å². The molecule has 2 aromatic rings. The average molecular weight is 264 g/mol. The molecule has 0 aliphatic rings. The van der Waals surface area contributed by atoms with Crippen LogP contribution in [0.1, 0.15) is 18.1 Å². The molecule has 0 spiro atoms. The summed E-state index contributed by atoms with van der Waals surface area (Å²) in [6.45, 7) is 1.57. The molecule has 0 aliphatic carbocycles. The normalized spacial score (nSPS) is 14.2. The van der Waals surface area contributed by atoms with E-state index in [9.17, 15) is 9.50 Å². The molecule has 0 fully saturated rings.